The largest absolute Gasteiger partial charge is 0.317 e. The minimum absolute atomic E-state index is 0.553. The van der Waals surface area contributed by atoms with Gasteiger partial charge in [0.15, 0.2) is 0 Å². The van der Waals surface area contributed by atoms with Gasteiger partial charge in [-0.3, -0.25) is 0 Å². The van der Waals surface area contributed by atoms with E-state index in [9.17, 15) is 0 Å². The maximum absolute atomic E-state index is 5.50. The summed E-state index contributed by atoms with van der Waals surface area (Å²) in [6.07, 6.45) is 9.92. The molecular weight excluding hydrogens is 677 g/mol. The average Bonchev–Trinajstić information content (AvgIpc) is 3.97. The lowest BCUT2D eigenvalue weighted by Crippen LogP contribution is -2.10. The zero-order valence-corrected chi connectivity index (χ0v) is 34.6. The highest BCUT2D eigenvalue weighted by Gasteiger charge is 2.35. The first kappa shape index (κ1) is 42.7. The standard InChI is InChI=1S/C32H29N.C17H16.2C2H6.CH3N/c1-2-25-13-19-30(20-14-25)33(31-21-15-28(16-22-31)26-9-5-3-6-10-26)32-23-17-29(18-24-32)27-11-7-4-8-12-27;1-12-8-6-7-11-15(12)17-13(2)16(17)14-9-4-3-5-10-14;3*1-2/h3-7,9-11,13-24H,2,8,12H2,1H3;3-11,16H,1-2H3;2*1-2H3;2H,1H2. The van der Waals surface area contributed by atoms with E-state index >= 15 is 0 Å². The van der Waals surface area contributed by atoms with Crippen molar-refractivity contribution in [3.05, 3.63) is 209 Å². The quantitative estimate of drug-likeness (QED) is 0.155. The van der Waals surface area contributed by atoms with E-state index in [-0.39, 0.29) is 0 Å². The zero-order valence-electron chi connectivity index (χ0n) is 34.6. The minimum atomic E-state index is 0.553. The molecular formula is C54H60N2. The van der Waals surface area contributed by atoms with E-state index < -0.39 is 0 Å². The van der Waals surface area contributed by atoms with E-state index in [2.05, 4.69) is 208 Å². The van der Waals surface area contributed by atoms with Crippen LogP contribution in [0, 0.1) is 12.3 Å². The number of rotatable bonds is 8. The molecule has 2 heteroatoms. The fourth-order valence-corrected chi connectivity index (χ4v) is 7.06. The van der Waals surface area contributed by atoms with Crippen LogP contribution in [0.4, 0.5) is 17.1 Å². The normalized spacial score (nSPS) is 13.5. The molecule has 0 aromatic heterocycles. The van der Waals surface area contributed by atoms with Crippen LogP contribution in [-0.4, -0.2) is 6.72 Å². The van der Waals surface area contributed by atoms with Gasteiger partial charge in [-0.1, -0.05) is 180 Å². The van der Waals surface area contributed by atoms with Crippen molar-refractivity contribution in [1.82, 2.24) is 0 Å². The zero-order chi connectivity index (χ0) is 40.3. The summed E-state index contributed by atoms with van der Waals surface area (Å²) in [5, 5.41) is 5.50. The van der Waals surface area contributed by atoms with E-state index in [1.54, 1.807) is 0 Å². The molecule has 6 aromatic rings. The van der Waals surface area contributed by atoms with Gasteiger partial charge in [0.05, 0.1) is 0 Å². The highest BCUT2D eigenvalue weighted by atomic mass is 15.1. The second-order valence-corrected chi connectivity index (χ2v) is 13.2. The van der Waals surface area contributed by atoms with Crippen molar-refractivity contribution >= 4 is 34.9 Å². The monoisotopic (exact) mass is 736 g/mol. The molecule has 0 saturated carbocycles. The third-order valence-corrected chi connectivity index (χ3v) is 9.98. The SMILES string of the molecule is C=N.CC.CC.CC1=C(c2ccccc2C)C1c1ccccc1.CCc1ccc(N(c2ccc(C3=CC=CCC3)cc2)c2ccc(-c3ccccc3)cc2)cc1. The van der Waals surface area contributed by atoms with Crippen molar-refractivity contribution in [2.45, 2.75) is 73.6 Å². The third kappa shape index (κ3) is 10.8. The summed E-state index contributed by atoms with van der Waals surface area (Å²) in [5.74, 6) is 0.553. The predicted molar refractivity (Wildman–Crippen MR) is 248 cm³/mol. The molecule has 1 N–H and O–H groups in total. The second kappa shape index (κ2) is 22.4. The Kier molecular flexibility index (Phi) is 17.1. The predicted octanol–water partition coefficient (Wildman–Crippen LogP) is 16.0. The van der Waals surface area contributed by atoms with E-state index in [4.69, 9.17) is 5.41 Å². The molecule has 0 heterocycles. The van der Waals surface area contributed by atoms with Gasteiger partial charge in [-0.15, -0.1) is 0 Å². The van der Waals surface area contributed by atoms with Gasteiger partial charge >= 0.3 is 0 Å². The summed E-state index contributed by atoms with van der Waals surface area (Å²) < 4.78 is 0. The Morgan fingerprint density at radius 3 is 1.57 bits per heavy atom. The number of aryl methyl sites for hydroxylation is 2. The maximum Gasteiger partial charge on any atom is 0.0462 e. The van der Waals surface area contributed by atoms with Gasteiger partial charge in [-0.05, 0) is 126 Å². The van der Waals surface area contributed by atoms with Crippen LogP contribution in [0.3, 0.4) is 0 Å². The molecule has 0 saturated heterocycles. The van der Waals surface area contributed by atoms with Gasteiger partial charge in [0, 0.05) is 23.0 Å². The summed E-state index contributed by atoms with van der Waals surface area (Å²) in [6.45, 7) is 17.1. The minimum Gasteiger partial charge on any atom is -0.317 e. The van der Waals surface area contributed by atoms with Gasteiger partial charge in [0.25, 0.3) is 0 Å². The summed E-state index contributed by atoms with van der Waals surface area (Å²) in [5.41, 5.74) is 17.3. The molecule has 1 atom stereocenters. The van der Waals surface area contributed by atoms with E-state index in [0.717, 1.165) is 24.9 Å². The maximum atomic E-state index is 5.50. The van der Waals surface area contributed by atoms with Crippen LogP contribution < -0.4 is 4.90 Å². The van der Waals surface area contributed by atoms with Crippen LogP contribution in [0.1, 0.15) is 88.1 Å². The number of nitrogens with one attached hydrogen (secondary N) is 1. The molecule has 0 fully saturated rings. The molecule has 2 nitrogen and oxygen atoms in total. The highest BCUT2D eigenvalue weighted by molar-refractivity contribution is 5.91. The van der Waals surface area contributed by atoms with Crippen molar-refractivity contribution in [2.24, 2.45) is 0 Å². The Morgan fingerprint density at radius 2 is 1.05 bits per heavy atom. The first-order valence-corrected chi connectivity index (χ1v) is 20.3. The molecule has 8 rings (SSSR count). The Balaban J connectivity index is 0.000000254. The van der Waals surface area contributed by atoms with E-state index in [1.807, 2.05) is 27.7 Å². The van der Waals surface area contributed by atoms with E-state index in [0.29, 0.717) is 5.92 Å². The van der Waals surface area contributed by atoms with Crippen molar-refractivity contribution in [3.63, 3.8) is 0 Å². The Hall–Kier alpha value is -5.99. The first-order valence-electron chi connectivity index (χ1n) is 20.3. The van der Waals surface area contributed by atoms with Crippen LogP contribution >= 0.6 is 0 Å². The number of hydrogen-bond acceptors (Lipinski definition) is 2. The summed E-state index contributed by atoms with van der Waals surface area (Å²) in [4.78, 5) is 2.34. The number of anilines is 3. The van der Waals surface area contributed by atoms with Gasteiger partial charge in [-0.25, -0.2) is 0 Å². The lowest BCUT2D eigenvalue weighted by Gasteiger charge is -2.26. The third-order valence-electron chi connectivity index (χ3n) is 9.98. The molecule has 1 unspecified atom stereocenters. The smallest absolute Gasteiger partial charge is 0.0462 e. The van der Waals surface area contributed by atoms with Gasteiger partial charge < -0.3 is 10.3 Å². The van der Waals surface area contributed by atoms with Crippen molar-refractivity contribution < 1.29 is 0 Å². The van der Waals surface area contributed by atoms with Crippen LogP contribution in [0.15, 0.2) is 182 Å². The molecule has 2 aliphatic carbocycles. The second-order valence-electron chi connectivity index (χ2n) is 13.2. The first-order chi connectivity index (χ1) is 27.6. The molecule has 56 heavy (non-hydrogen) atoms. The Morgan fingerprint density at radius 1 is 0.571 bits per heavy atom. The lowest BCUT2D eigenvalue weighted by molar-refractivity contribution is 1.05. The van der Waals surface area contributed by atoms with Gasteiger partial charge in [0.1, 0.15) is 0 Å². The number of nitrogens with zero attached hydrogens (tertiary/aromatic N) is 1. The highest BCUT2D eigenvalue weighted by Crippen LogP contribution is 2.54. The topological polar surface area (TPSA) is 27.1 Å². The molecule has 0 spiro atoms. The van der Waals surface area contributed by atoms with Crippen molar-refractivity contribution in [1.29, 1.82) is 5.41 Å². The van der Waals surface area contributed by atoms with Crippen molar-refractivity contribution in [2.75, 3.05) is 4.90 Å². The number of allylic oxidation sites excluding steroid dienone is 6. The lowest BCUT2D eigenvalue weighted by atomic mass is 9.97. The molecule has 0 bridgehead atoms. The molecule has 0 radical (unpaired) electrons. The van der Waals surface area contributed by atoms with Crippen molar-refractivity contribution in [3.8, 4) is 11.1 Å². The molecule has 0 amide bonds. The number of hydrogen-bond donors (Lipinski definition) is 1. The van der Waals surface area contributed by atoms with Crippen LogP contribution in [0.2, 0.25) is 0 Å². The summed E-state index contributed by atoms with van der Waals surface area (Å²) >= 11 is 0. The Labute approximate surface area is 338 Å². The summed E-state index contributed by atoms with van der Waals surface area (Å²) in [7, 11) is 0. The van der Waals surface area contributed by atoms with Crippen LogP contribution in [0.25, 0.3) is 22.3 Å². The fraction of sp³-hybridized carbons (Fsp3) is 0.204. The number of benzene rings is 6. The fourth-order valence-electron chi connectivity index (χ4n) is 7.06. The van der Waals surface area contributed by atoms with E-state index in [1.165, 1.54) is 67.0 Å². The summed E-state index contributed by atoms with van der Waals surface area (Å²) in [6, 6.07) is 56.8. The van der Waals surface area contributed by atoms with Crippen LogP contribution in [0.5, 0.6) is 0 Å². The molecule has 0 aliphatic heterocycles. The van der Waals surface area contributed by atoms with Gasteiger partial charge in [0.2, 0.25) is 0 Å². The molecule has 286 valence electrons. The Bertz CT molecular complexity index is 2140. The van der Waals surface area contributed by atoms with Gasteiger partial charge in [-0.2, -0.15) is 0 Å². The van der Waals surface area contributed by atoms with Crippen LogP contribution in [-0.2, 0) is 6.42 Å². The average molecular weight is 737 g/mol. The molecule has 6 aromatic carbocycles. The molecule has 2 aliphatic rings.